The third-order valence-corrected chi connectivity index (χ3v) is 5.29. The Kier molecular flexibility index (Phi) is 5.92. The highest BCUT2D eigenvalue weighted by molar-refractivity contribution is 5.68. The molecule has 0 bridgehead atoms. The van der Waals surface area contributed by atoms with Crippen molar-refractivity contribution in [2.24, 2.45) is 0 Å². The van der Waals surface area contributed by atoms with Crippen LogP contribution in [0, 0.1) is 6.92 Å². The van der Waals surface area contributed by atoms with Crippen LogP contribution >= 0.6 is 0 Å². The molecule has 148 valence electrons. The Balaban J connectivity index is 1.40. The minimum Gasteiger partial charge on any atom is -0.492 e. The Hall–Kier alpha value is -3.11. The fourth-order valence-electron chi connectivity index (χ4n) is 3.56. The van der Waals surface area contributed by atoms with Gasteiger partial charge >= 0.3 is 0 Å². The molecular weight excluding hydrogens is 358 g/mol. The molecule has 0 atom stereocenters. The Morgan fingerprint density at radius 3 is 2.45 bits per heavy atom. The average molecular weight is 386 g/mol. The number of hydrogen-bond donors (Lipinski definition) is 1. The van der Waals surface area contributed by atoms with Crippen molar-refractivity contribution in [3.63, 3.8) is 0 Å². The van der Waals surface area contributed by atoms with Crippen molar-refractivity contribution in [1.29, 1.82) is 0 Å². The Morgan fingerprint density at radius 2 is 1.76 bits per heavy atom. The fourth-order valence-corrected chi connectivity index (χ4v) is 3.56. The molecule has 0 unspecified atom stereocenters. The molecule has 2 aromatic carbocycles. The van der Waals surface area contributed by atoms with E-state index in [0.717, 1.165) is 65.4 Å². The lowest BCUT2D eigenvalue weighted by Gasteiger charge is -2.23. The van der Waals surface area contributed by atoms with E-state index in [1.165, 1.54) is 0 Å². The van der Waals surface area contributed by atoms with Crippen LogP contribution in [0.1, 0.15) is 12.0 Å². The summed E-state index contributed by atoms with van der Waals surface area (Å²) < 4.78 is 6.02. The predicted octanol–water partition coefficient (Wildman–Crippen LogP) is 4.95. The number of ether oxygens (including phenoxy) is 1. The maximum atomic E-state index is 6.02. The summed E-state index contributed by atoms with van der Waals surface area (Å²) in [6, 6.07) is 18.3. The molecule has 3 aromatic rings. The molecule has 4 heteroatoms. The van der Waals surface area contributed by atoms with Crippen molar-refractivity contribution >= 4 is 5.69 Å². The second-order valence-electron chi connectivity index (χ2n) is 7.44. The summed E-state index contributed by atoms with van der Waals surface area (Å²) in [5, 5.41) is 0. The minimum absolute atomic E-state index is 0.711. The first-order chi connectivity index (χ1) is 14.2. The number of nitrogens with two attached hydrogens (primary N) is 1. The number of aromatic nitrogens is 1. The highest BCUT2D eigenvalue weighted by atomic mass is 16.5. The lowest BCUT2D eigenvalue weighted by Crippen LogP contribution is -2.31. The van der Waals surface area contributed by atoms with E-state index in [1.54, 1.807) is 0 Å². The molecule has 0 fully saturated rings. The van der Waals surface area contributed by atoms with Crippen LogP contribution in [0.15, 0.2) is 72.9 Å². The molecule has 1 aromatic heterocycles. The zero-order chi connectivity index (χ0) is 20.1. The third-order valence-electron chi connectivity index (χ3n) is 5.29. The summed E-state index contributed by atoms with van der Waals surface area (Å²) >= 11 is 0. The highest BCUT2D eigenvalue weighted by Crippen LogP contribution is 2.27. The van der Waals surface area contributed by atoms with E-state index in [9.17, 15) is 0 Å². The molecule has 1 aliphatic heterocycles. The van der Waals surface area contributed by atoms with E-state index in [-0.39, 0.29) is 0 Å². The van der Waals surface area contributed by atoms with Crippen molar-refractivity contribution in [1.82, 2.24) is 9.88 Å². The van der Waals surface area contributed by atoms with Crippen molar-refractivity contribution in [3.8, 4) is 28.1 Å². The van der Waals surface area contributed by atoms with Crippen LogP contribution < -0.4 is 10.5 Å². The first kappa shape index (κ1) is 19.2. The molecule has 4 nitrogen and oxygen atoms in total. The summed E-state index contributed by atoms with van der Waals surface area (Å²) in [4.78, 5) is 7.07. The van der Waals surface area contributed by atoms with Crippen LogP contribution in [0.5, 0.6) is 5.75 Å². The van der Waals surface area contributed by atoms with Crippen LogP contribution in [0.2, 0.25) is 0 Å². The number of rotatable bonds is 6. The van der Waals surface area contributed by atoms with Crippen molar-refractivity contribution < 1.29 is 4.74 Å². The largest absolute Gasteiger partial charge is 0.492 e. The second-order valence-corrected chi connectivity index (χ2v) is 7.44. The summed E-state index contributed by atoms with van der Waals surface area (Å²) in [7, 11) is 0. The molecule has 2 heterocycles. The number of aryl methyl sites for hydroxylation is 1. The average Bonchev–Trinajstić information content (AvgIpc) is 2.76. The zero-order valence-electron chi connectivity index (χ0n) is 16.8. The van der Waals surface area contributed by atoms with Crippen LogP contribution in [-0.4, -0.2) is 36.1 Å². The van der Waals surface area contributed by atoms with E-state index in [4.69, 9.17) is 10.5 Å². The zero-order valence-corrected chi connectivity index (χ0v) is 16.8. The number of anilines is 1. The topological polar surface area (TPSA) is 51.4 Å². The quantitative estimate of drug-likeness (QED) is 0.482. The van der Waals surface area contributed by atoms with Gasteiger partial charge < -0.3 is 10.5 Å². The summed E-state index contributed by atoms with van der Waals surface area (Å²) in [6.45, 7) is 5.91. The normalized spacial score (nSPS) is 14.1. The summed E-state index contributed by atoms with van der Waals surface area (Å²) in [5.74, 6) is 0.944. The maximum Gasteiger partial charge on any atom is 0.122 e. The number of pyridine rings is 1. The van der Waals surface area contributed by atoms with Gasteiger partial charge in [-0.1, -0.05) is 30.4 Å². The molecule has 1 aliphatic rings. The fraction of sp³-hybridized carbons (Fsp3) is 0.240. The second kappa shape index (κ2) is 8.93. The van der Waals surface area contributed by atoms with Gasteiger partial charge in [0.15, 0.2) is 0 Å². The molecular formula is C25H27N3O. The van der Waals surface area contributed by atoms with Gasteiger partial charge in [-0.15, -0.1) is 0 Å². The minimum atomic E-state index is 0.711. The highest BCUT2D eigenvalue weighted by Gasteiger charge is 2.08. The number of benzene rings is 2. The van der Waals surface area contributed by atoms with Gasteiger partial charge in [0.2, 0.25) is 0 Å². The third kappa shape index (κ3) is 4.84. The van der Waals surface area contributed by atoms with Crippen LogP contribution in [0.3, 0.4) is 0 Å². The van der Waals surface area contributed by atoms with Gasteiger partial charge in [-0.05, 0) is 60.9 Å². The van der Waals surface area contributed by atoms with Gasteiger partial charge in [-0.25, -0.2) is 0 Å². The van der Waals surface area contributed by atoms with E-state index < -0.39 is 0 Å². The smallest absolute Gasteiger partial charge is 0.122 e. The molecule has 0 saturated carbocycles. The lowest BCUT2D eigenvalue weighted by molar-refractivity contribution is 0.220. The van der Waals surface area contributed by atoms with Crippen LogP contribution in [0.4, 0.5) is 5.69 Å². The van der Waals surface area contributed by atoms with E-state index in [2.05, 4.69) is 59.3 Å². The van der Waals surface area contributed by atoms with Crippen molar-refractivity contribution in [2.45, 2.75) is 13.3 Å². The van der Waals surface area contributed by atoms with Gasteiger partial charge in [0, 0.05) is 42.6 Å². The summed E-state index contributed by atoms with van der Waals surface area (Å²) in [5.41, 5.74) is 11.9. The lowest BCUT2D eigenvalue weighted by atomic mass is 10.0. The van der Waals surface area contributed by atoms with Gasteiger partial charge in [-0.2, -0.15) is 0 Å². The Labute approximate surface area is 172 Å². The molecule has 0 aliphatic carbocycles. The molecule has 4 rings (SSSR count). The predicted molar refractivity (Wildman–Crippen MR) is 120 cm³/mol. The number of nitrogens with zero attached hydrogens (tertiary/aromatic N) is 2. The van der Waals surface area contributed by atoms with E-state index in [1.807, 2.05) is 30.5 Å². The van der Waals surface area contributed by atoms with Gasteiger partial charge in [0.25, 0.3) is 0 Å². The summed E-state index contributed by atoms with van der Waals surface area (Å²) in [6.07, 6.45) is 7.52. The SMILES string of the molecule is Cc1cc(-c2ccc(-c3ccc(N)cc3)cn2)ccc1OCCN1CC=CCC1. The number of hydrogen-bond acceptors (Lipinski definition) is 4. The molecule has 29 heavy (non-hydrogen) atoms. The maximum absolute atomic E-state index is 6.02. The Bertz CT molecular complexity index is 978. The van der Waals surface area contributed by atoms with Crippen molar-refractivity contribution in [3.05, 3.63) is 78.5 Å². The van der Waals surface area contributed by atoms with Gasteiger partial charge in [-0.3, -0.25) is 9.88 Å². The standard InChI is InChI=1S/C25H27N3O/c1-19-17-21(8-12-25(19)29-16-15-28-13-3-2-4-14-28)24-11-7-22(18-27-24)20-5-9-23(26)10-6-20/h2-3,5-12,17-18H,4,13-16,26H2,1H3. The monoisotopic (exact) mass is 385 g/mol. The number of nitrogen functional groups attached to an aromatic ring is 1. The molecule has 0 spiro atoms. The van der Waals surface area contributed by atoms with E-state index >= 15 is 0 Å². The van der Waals surface area contributed by atoms with Crippen LogP contribution in [-0.2, 0) is 0 Å². The van der Waals surface area contributed by atoms with Crippen LogP contribution in [0.25, 0.3) is 22.4 Å². The van der Waals surface area contributed by atoms with Gasteiger partial charge in [0.05, 0.1) is 5.69 Å². The Morgan fingerprint density at radius 1 is 0.966 bits per heavy atom. The molecule has 0 amide bonds. The van der Waals surface area contributed by atoms with E-state index in [0.29, 0.717) is 6.61 Å². The molecule has 0 radical (unpaired) electrons. The molecule has 2 N–H and O–H groups in total. The molecule has 0 saturated heterocycles. The first-order valence-electron chi connectivity index (χ1n) is 10.1. The first-order valence-corrected chi connectivity index (χ1v) is 10.1. The van der Waals surface area contributed by atoms with Crippen molar-refractivity contribution in [2.75, 3.05) is 32.0 Å². The van der Waals surface area contributed by atoms with Gasteiger partial charge in [0.1, 0.15) is 12.4 Å².